The minimum absolute atomic E-state index is 0.136. The number of hydrogen-bond acceptors (Lipinski definition) is 3. The van der Waals surface area contributed by atoms with Crippen LogP contribution < -0.4 is 5.73 Å². The predicted octanol–water partition coefficient (Wildman–Crippen LogP) is 2.65. The van der Waals surface area contributed by atoms with Crippen LogP contribution >= 0.6 is 0 Å². The van der Waals surface area contributed by atoms with Crippen molar-refractivity contribution in [3.8, 4) is 0 Å². The van der Waals surface area contributed by atoms with Gasteiger partial charge in [-0.15, -0.1) is 0 Å². The Morgan fingerprint density at radius 3 is 2.33 bits per heavy atom. The van der Waals surface area contributed by atoms with E-state index < -0.39 is 0 Å². The van der Waals surface area contributed by atoms with E-state index in [0.29, 0.717) is 5.92 Å². The van der Waals surface area contributed by atoms with Gasteiger partial charge in [-0.3, -0.25) is 4.90 Å². The smallest absolute Gasteiger partial charge is 0.0594 e. The zero-order valence-corrected chi connectivity index (χ0v) is 13.8. The molecule has 21 heavy (non-hydrogen) atoms. The molecule has 0 bridgehead atoms. The first-order valence-electron chi connectivity index (χ1n) is 8.11. The fourth-order valence-corrected chi connectivity index (χ4v) is 3.00. The number of ether oxygens (including phenoxy) is 1. The van der Waals surface area contributed by atoms with Crippen LogP contribution in [0.2, 0.25) is 0 Å². The van der Waals surface area contributed by atoms with Crippen molar-refractivity contribution in [2.45, 2.75) is 33.1 Å². The van der Waals surface area contributed by atoms with Crippen molar-refractivity contribution in [1.82, 2.24) is 4.90 Å². The van der Waals surface area contributed by atoms with Crippen LogP contribution in [-0.2, 0) is 11.2 Å². The van der Waals surface area contributed by atoms with Crippen LogP contribution in [0, 0.1) is 5.41 Å². The first-order chi connectivity index (χ1) is 10.0. The van der Waals surface area contributed by atoms with Gasteiger partial charge in [-0.05, 0) is 35.4 Å². The summed E-state index contributed by atoms with van der Waals surface area (Å²) >= 11 is 0. The van der Waals surface area contributed by atoms with Crippen LogP contribution in [0.15, 0.2) is 24.3 Å². The van der Waals surface area contributed by atoms with Crippen LogP contribution in [0.3, 0.4) is 0 Å². The summed E-state index contributed by atoms with van der Waals surface area (Å²) in [6.07, 6.45) is 1.04. The summed E-state index contributed by atoms with van der Waals surface area (Å²) in [6.45, 7) is 12.3. The zero-order chi connectivity index (χ0) is 15.3. The van der Waals surface area contributed by atoms with E-state index in [2.05, 4.69) is 49.9 Å². The monoisotopic (exact) mass is 290 g/mol. The van der Waals surface area contributed by atoms with Crippen molar-refractivity contribution >= 4 is 0 Å². The molecular formula is C18H30N2O. The number of morpholine rings is 1. The molecule has 0 spiro atoms. The second kappa shape index (κ2) is 7.39. The summed E-state index contributed by atoms with van der Waals surface area (Å²) in [7, 11) is 0. The van der Waals surface area contributed by atoms with E-state index in [-0.39, 0.29) is 5.41 Å². The Labute approximate surface area is 129 Å². The van der Waals surface area contributed by atoms with Crippen molar-refractivity contribution in [3.05, 3.63) is 35.4 Å². The van der Waals surface area contributed by atoms with Gasteiger partial charge in [0.15, 0.2) is 0 Å². The van der Waals surface area contributed by atoms with Crippen LogP contribution in [0.4, 0.5) is 0 Å². The number of benzene rings is 1. The summed E-state index contributed by atoms with van der Waals surface area (Å²) in [4.78, 5) is 2.48. The lowest BCUT2D eigenvalue weighted by Crippen LogP contribution is -2.46. The molecule has 0 radical (unpaired) electrons. The third-order valence-electron chi connectivity index (χ3n) is 4.48. The van der Waals surface area contributed by atoms with Gasteiger partial charge in [-0.1, -0.05) is 45.0 Å². The maximum atomic E-state index is 6.09. The van der Waals surface area contributed by atoms with Gasteiger partial charge in [0, 0.05) is 19.6 Å². The second-order valence-electron chi connectivity index (χ2n) is 6.98. The van der Waals surface area contributed by atoms with Gasteiger partial charge < -0.3 is 10.5 Å². The Hall–Kier alpha value is -0.900. The second-order valence-corrected chi connectivity index (χ2v) is 6.98. The van der Waals surface area contributed by atoms with Crippen LogP contribution in [0.5, 0.6) is 0 Å². The van der Waals surface area contributed by atoms with Crippen molar-refractivity contribution < 1.29 is 4.74 Å². The van der Waals surface area contributed by atoms with Crippen LogP contribution in [0.25, 0.3) is 0 Å². The third kappa shape index (κ3) is 4.80. The molecule has 1 heterocycles. The first kappa shape index (κ1) is 16.5. The highest BCUT2D eigenvalue weighted by atomic mass is 16.5. The molecule has 1 aromatic rings. The van der Waals surface area contributed by atoms with E-state index in [0.717, 1.165) is 45.8 Å². The van der Waals surface area contributed by atoms with Crippen LogP contribution in [0.1, 0.15) is 37.8 Å². The number of nitrogens with two attached hydrogens (primary N) is 1. The zero-order valence-electron chi connectivity index (χ0n) is 13.8. The van der Waals surface area contributed by atoms with E-state index >= 15 is 0 Å². The van der Waals surface area contributed by atoms with Crippen molar-refractivity contribution in [2.75, 3.05) is 39.4 Å². The molecule has 1 atom stereocenters. The lowest BCUT2D eigenvalue weighted by Gasteiger charge is -2.36. The average molecular weight is 290 g/mol. The average Bonchev–Trinajstić information content (AvgIpc) is 2.48. The predicted molar refractivity (Wildman–Crippen MR) is 88.7 cm³/mol. The Kier molecular flexibility index (Phi) is 5.80. The fraction of sp³-hybridized carbons (Fsp3) is 0.667. The Morgan fingerprint density at radius 2 is 1.81 bits per heavy atom. The number of hydrogen-bond donors (Lipinski definition) is 1. The molecule has 0 amide bonds. The topological polar surface area (TPSA) is 38.5 Å². The third-order valence-corrected chi connectivity index (χ3v) is 4.48. The van der Waals surface area contributed by atoms with E-state index in [4.69, 9.17) is 10.5 Å². The summed E-state index contributed by atoms with van der Waals surface area (Å²) in [5, 5.41) is 0. The van der Waals surface area contributed by atoms with Crippen molar-refractivity contribution in [2.24, 2.45) is 11.1 Å². The largest absolute Gasteiger partial charge is 0.379 e. The van der Waals surface area contributed by atoms with Gasteiger partial charge in [0.1, 0.15) is 0 Å². The first-order valence-corrected chi connectivity index (χ1v) is 8.11. The lowest BCUT2D eigenvalue weighted by atomic mass is 9.82. The summed E-state index contributed by atoms with van der Waals surface area (Å²) in [5.74, 6) is 0.591. The molecule has 118 valence electrons. The molecule has 0 saturated carbocycles. The summed E-state index contributed by atoms with van der Waals surface area (Å²) in [6, 6.07) is 9.04. The molecule has 3 nitrogen and oxygen atoms in total. The molecule has 1 saturated heterocycles. The van der Waals surface area contributed by atoms with Gasteiger partial charge in [0.25, 0.3) is 0 Å². The number of nitrogens with zero attached hydrogens (tertiary/aromatic N) is 1. The summed E-state index contributed by atoms with van der Waals surface area (Å²) in [5.41, 5.74) is 9.02. The lowest BCUT2D eigenvalue weighted by molar-refractivity contribution is 0.0198. The van der Waals surface area contributed by atoms with Gasteiger partial charge in [0.2, 0.25) is 0 Å². The molecule has 2 N–H and O–H groups in total. The minimum atomic E-state index is 0.136. The number of rotatable bonds is 6. The van der Waals surface area contributed by atoms with Gasteiger partial charge in [0.05, 0.1) is 13.2 Å². The molecule has 1 aliphatic rings. The van der Waals surface area contributed by atoms with Crippen molar-refractivity contribution in [1.29, 1.82) is 0 Å². The Bertz CT molecular complexity index is 423. The highest BCUT2D eigenvalue weighted by Crippen LogP contribution is 2.24. The van der Waals surface area contributed by atoms with E-state index in [1.165, 1.54) is 11.1 Å². The standard InChI is InChI=1S/C18H30N2O/c1-15(2)17-6-4-16(5-7-17)12-18(3,13-19)14-20-8-10-21-11-9-20/h4-7,15H,8-14,19H2,1-3H3. The maximum absolute atomic E-state index is 6.09. The Balaban J connectivity index is 1.99. The molecule has 0 aliphatic carbocycles. The molecule has 1 fully saturated rings. The Morgan fingerprint density at radius 1 is 1.19 bits per heavy atom. The highest BCUT2D eigenvalue weighted by Gasteiger charge is 2.27. The van der Waals surface area contributed by atoms with E-state index in [9.17, 15) is 0 Å². The van der Waals surface area contributed by atoms with Gasteiger partial charge in [-0.25, -0.2) is 0 Å². The fourth-order valence-electron chi connectivity index (χ4n) is 3.00. The van der Waals surface area contributed by atoms with Crippen molar-refractivity contribution in [3.63, 3.8) is 0 Å². The quantitative estimate of drug-likeness (QED) is 0.875. The van der Waals surface area contributed by atoms with Gasteiger partial charge >= 0.3 is 0 Å². The molecule has 2 rings (SSSR count). The minimum Gasteiger partial charge on any atom is -0.379 e. The molecule has 0 aromatic heterocycles. The van der Waals surface area contributed by atoms with E-state index in [1.54, 1.807) is 0 Å². The molecule has 1 unspecified atom stereocenters. The van der Waals surface area contributed by atoms with Gasteiger partial charge in [-0.2, -0.15) is 0 Å². The maximum Gasteiger partial charge on any atom is 0.0594 e. The van der Waals surface area contributed by atoms with E-state index in [1.807, 2.05) is 0 Å². The molecule has 1 aliphatic heterocycles. The SMILES string of the molecule is CC(C)c1ccc(CC(C)(CN)CN2CCOCC2)cc1. The molecule has 1 aromatic carbocycles. The summed E-state index contributed by atoms with van der Waals surface area (Å²) < 4.78 is 5.43. The van der Waals surface area contributed by atoms with Crippen LogP contribution in [-0.4, -0.2) is 44.3 Å². The highest BCUT2D eigenvalue weighted by molar-refractivity contribution is 5.25. The molecule has 3 heteroatoms. The normalized spacial score (nSPS) is 19.7. The molecular weight excluding hydrogens is 260 g/mol.